The molecule has 4 N–H and O–H groups in total. The SMILES string of the molecule is O=C(O)C(F)(F)F.O=C1CC(c2ccc(C[C@H](NS(=O)(=O)c3ccc4c(c3)OCCO4)c3nc4ccccc4[nH]3)cc2)S(=O)(=O)N1. The number of aliphatic carboxylic acids is 1. The number of hydrogen-bond acceptors (Lipinski definition) is 9. The zero-order valence-corrected chi connectivity index (χ0v) is 25.1. The lowest BCUT2D eigenvalue weighted by atomic mass is 10.0. The maximum absolute atomic E-state index is 13.5. The number of benzene rings is 3. The van der Waals surface area contributed by atoms with E-state index in [9.17, 15) is 34.8 Å². The van der Waals surface area contributed by atoms with Gasteiger partial charge in [-0.15, -0.1) is 0 Å². The minimum absolute atomic E-state index is 0.0202. The molecule has 1 saturated heterocycles. The number of aromatic amines is 1. The molecule has 0 spiro atoms. The number of alkyl halides is 3. The summed E-state index contributed by atoms with van der Waals surface area (Å²) < 4.78 is 99.0. The van der Waals surface area contributed by atoms with E-state index in [-0.39, 0.29) is 17.7 Å². The molecule has 3 aromatic carbocycles. The summed E-state index contributed by atoms with van der Waals surface area (Å²) in [6, 6.07) is 17.8. The monoisotopic (exact) mass is 682 g/mol. The van der Waals surface area contributed by atoms with Gasteiger partial charge in [0.2, 0.25) is 26.0 Å². The molecule has 0 aliphatic carbocycles. The number of halogens is 3. The first-order chi connectivity index (χ1) is 21.6. The van der Waals surface area contributed by atoms with Gasteiger partial charge in [-0.1, -0.05) is 36.4 Å². The first kappa shape index (κ1) is 32.7. The number of H-pyrrole nitrogens is 1. The van der Waals surface area contributed by atoms with Crippen molar-refractivity contribution in [3.05, 3.63) is 83.7 Å². The van der Waals surface area contributed by atoms with Crippen molar-refractivity contribution in [3.8, 4) is 11.5 Å². The molecule has 0 bridgehead atoms. The van der Waals surface area contributed by atoms with E-state index in [2.05, 4.69) is 14.7 Å². The number of nitrogens with one attached hydrogen (secondary N) is 3. The van der Waals surface area contributed by atoms with Gasteiger partial charge < -0.3 is 19.6 Å². The Morgan fingerprint density at radius 2 is 1.70 bits per heavy atom. The number of carbonyl (C=O) groups excluding carboxylic acids is 1. The highest BCUT2D eigenvalue weighted by Gasteiger charge is 2.39. The Labute approximate surface area is 259 Å². The molecule has 2 atom stereocenters. The smallest absolute Gasteiger partial charge is 0.486 e. The Bertz CT molecular complexity index is 1970. The second-order valence-electron chi connectivity index (χ2n) is 10.1. The van der Waals surface area contributed by atoms with E-state index in [0.717, 1.165) is 11.1 Å². The Hall–Kier alpha value is -4.68. The average Bonchev–Trinajstić information content (AvgIpc) is 3.56. The minimum Gasteiger partial charge on any atom is -0.486 e. The molecule has 1 unspecified atom stereocenters. The fourth-order valence-corrected chi connectivity index (χ4v) is 7.37. The van der Waals surface area contributed by atoms with Gasteiger partial charge in [-0.05, 0) is 41.8 Å². The lowest BCUT2D eigenvalue weighted by Gasteiger charge is -2.20. The van der Waals surface area contributed by atoms with Crippen LogP contribution in [0.3, 0.4) is 0 Å². The Morgan fingerprint density at radius 1 is 1.04 bits per heavy atom. The fourth-order valence-electron chi connectivity index (χ4n) is 4.73. The van der Waals surface area contributed by atoms with Crippen LogP contribution < -0.4 is 18.9 Å². The summed E-state index contributed by atoms with van der Waals surface area (Å²) in [6.07, 6.45) is -5.00. The molecule has 2 aliphatic rings. The van der Waals surface area contributed by atoms with Crippen LogP contribution in [0.5, 0.6) is 11.5 Å². The van der Waals surface area contributed by atoms with E-state index in [1.807, 2.05) is 29.0 Å². The third kappa shape index (κ3) is 7.40. The summed E-state index contributed by atoms with van der Waals surface area (Å²) in [5, 5.41) is 6.17. The molecule has 244 valence electrons. The van der Waals surface area contributed by atoms with E-state index in [1.165, 1.54) is 12.1 Å². The quantitative estimate of drug-likeness (QED) is 0.225. The number of para-hydroxylation sites is 2. The van der Waals surface area contributed by atoms with Gasteiger partial charge in [0.15, 0.2) is 11.5 Å². The minimum atomic E-state index is -5.08. The standard InChI is InChI=1S/C26H24N4O7S2.C2HF3O2/c31-25-15-24(39(34,35)30-25)17-7-5-16(6-8-17)13-21(26-27-19-3-1-2-4-20(19)28-26)29-38(32,33)18-9-10-22-23(14-18)37-12-11-36-22;3-2(4,5)1(6)7/h1-10,14,21,24,29H,11-13,15H2,(H,27,28)(H,30,31);(H,6,7)/t21-,24?;/m0./s1. The molecular weight excluding hydrogens is 657 g/mol. The van der Waals surface area contributed by atoms with Crippen molar-refractivity contribution < 1.29 is 54.2 Å². The molecule has 1 amide bonds. The highest BCUT2D eigenvalue weighted by Crippen LogP contribution is 2.34. The number of sulfonamides is 2. The molecule has 6 rings (SSSR count). The molecule has 46 heavy (non-hydrogen) atoms. The van der Waals surface area contributed by atoms with Crippen molar-refractivity contribution in [2.24, 2.45) is 0 Å². The van der Waals surface area contributed by atoms with Crippen molar-refractivity contribution >= 4 is 43.0 Å². The topological polar surface area (TPSA) is 194 Å². The summed E-state index contributed by atoms with van der Waals surface area (Å²) in [6.45, 7) is 0.720. The summed E-state index contributed by atoms with van der Waals surface area (Å²) >= 11 is 0. The third-order valence-electron chi connectivity index (χ3n) is 6.89. The van der Waals surface area contributed by atoms with Gasteiger partial charge >= 0.3 is 12.1 Å². The molecule has 1 fully saturated rings. The number of hydrogen-bond donors (Lipinski definition) is 4. The molecule has 3 heterocycles. The number of amides is 1. The first-order valence-electron chi connectivity index (χ1n) is 13.4. The van der Waals surface area contributed by atoms with Crippen molar-refractivity contribution in [3.63, 3.8) is 0 Å². The average molecular weight is 683 g/mol. The summed E-state index contributed by atoms with van der Waals surface area (Å²) in [5.41, 5.74) is 2.67. The van der Waals surface area contributed by atoms with Crippen molar-refractivity contribution in [1.29, 1.82) is 0 Å². The number of rotatable bonds is 7. The summed E-state index contributed by atoms with van der Waals surface area (Å²) in [5.74, 6) is -2.03. The van der Waals surface area contributed by atoms with Gasteiger partial charge in [-0.25, -0.2) is 31.3 Å². The van der Waals surface area contributed by atoms with Crippen LogP contribution >= 0.6 is 0 Å². The van der Waals surface area contributed by atoms with E-state index >= 15 is 0 Å². The van der Waals surface area contributed by atoms with Crippen LogP contribution in [0.15, 0.2) is 71.6 Å². The number of carbonyl (C=O) groups is 2. The fraction of sp³-hybridized carbons (Fsp3) is 0.250. The van der Waals surface area contributed by atoms with Crippen LogP contribution in [0.4, 0.5) is 13.2 Å². The number of carboxylic acids is 1. The highest BCUT2D eigenvalue weighted by atomic mass is 32.2. The first-order valence-corrected chi connectivity index (χ1v) is 16.5. The van der Waals surface area contributed by atoms with Crippen LogP contribution in [-0.2, 0) is 36.1 Å². The predicted octanol–water partition coefficient (Wildman–Crippen LogP) is 3.12. The molecule has 1 aromatic heterocycles. The van der Waals surface area contributed by atoms with Gasteiger partial charge in [0, 0.05) is 6.07 Å². The Kier molecular flexibility index (Phi) is 8.96. The second-order valence-corrected chi connectivity index (χ2v) is 13.7. The molecule has 2 aliphatic heterocycles. The van der Waals surface area contributed by atoms with Crippen LogP contribution in [0.25, 0.3) is 11.0 Å². The van der Waals surface area contributed by atoms with Crippen LogP contribution in [-0.4, -0.2) is 63.2 Å². The number of carboxylic acid groups (broad SMARTS) is 1. The van der Waals surface area contributed by atoms with E-state index in [1.54, 1.807) is 30.3 Å². The van der Waals surface area contributed by atoms with Gasteiger partial charge in [0.25, 0.3) is 0 Å². The molecule has 18 heteroatoms. The molecule has 4 aromatic rings. The number of imidazole rings is 1. The van der Waals surface area contributed by atoms with Gasteiger partial charge in [-0.3, -0.25) is 9.52 Å². The maximum atomic E-state index is 13.5. The maximum Gasteiger partial charge on any atom is 0.490 e. The Balaban J connectivity index is 0.000000537. The predicted molar refractivity (Wildman–Crippen MR) is 155 cm³/mol. The van der Waals surface area contributed by atoms with Crippen molar-refractivity contribution in [2.45, 2.75) is 35.2 Å². The van der Waals surface area contributed by atoms with Crippen molar-refractivity contribution in [2.75, 3.05) is 13.2 Å². The number of fused-ring (bicyclic) bond motifs is 2. The van der Waals surface area contributed by atoms with E-state index in [4.69, 9.17) is 19.4 Å². The van der Waals surface area contributed by atoms with Gasteiger partial charge in [0.05, 0.1) is 28.4 Å². The summed E-state index contributed by atoms with van der Waals surface area (Å²) in [7, 11) is -7.78. The molecule has 0 saturated carbocycles. The summed E-state index contributed by atoms with van der Waals surface area (Å²) in [4.78, 5) is 28.4. The lowest BCUT2D eigenvalue weighted by molar-refractivity contribution is -0.192. The van der Waals surface area contributed by atoms with Gasteiger partial charge in [-0.2, -0.15) is 13.2 Å². The molecule has 13 nitrogen and oxygen atoms in total. The number of aromatic nitrogens is 2. The lowest BCUT2D eigenvalue weighted by Crippen LogP contribution is -2.31. The molecule has 0 radical (unpaired) electrons. The second kappa shape index (κ2) is 12.6. The number of nitrogens with zero attached hydrogens (tertiary/aromatic N) is 1. The third-order valence-corrected chi connectivity index (χ3v) is 10.1. The largest absolute Gasteiger partial charge is 0.490 e. The van der Waals surface area contributed by atoms with Crippen LogP contribution in [0, 0.1) is 0 Å². The normalized spacial score (nSPS) is 17.9. The highest BCUT2D eigenvalue weighted by molar-refractivity contribution is 7.90. The zero-order chi connectivity index (χ0) is 33.3. The van der Waals surface area contributed by atoms with Crippen LogP contribution in [0.2, 0.25) is 0 Å². The zero-order valence-electron chi connectivity index (χ0n) is 23.4. The number of ether oxygens (including phenoxy) is 2. The van der Waals surface area contributed by atoms with E-state index < -0.39 is 49.4 Å². The van der Waals surface area contributed by atoms with Crippen molar-refractivity contribution in [1.82, 2.24) is 19.4 Å². The van der Waals surface area contributed by atoms with Crippen LogP contribution in [0.1, 0.15) is 34.7 Å². The Morgan fingerprint density at radius 3 is 2.30 bits per heavy atom. The van der Waals surface area contributed by atoms with E-state index in [0.29, 0.717) is 41.6 Å². The molecular formula is C28H25F3N4O9S2. The van der Waals surface area contributed by atoms with Gasteiger partial charge in [0.1, 0.15) is 24.3 Å².